The zero-order valence-electron chi connectivity index (χ0n) is 36.8. The van der Waals surface area contributed by atoms with Crippen molar-refractivity contribution in [3.63, 3.8) is 0 Å². The quantitative estimate of drug-likeness (QED) is 0.104. The van der Waals surface area contributed by atoms with Gasteiger partial charge in [0.05, 0.1) is 31.2 Å². The lowest BCUT2D eigenvalue weighted by molar-refractivity contribution is -0.173. The van der Waals surface area contributed by atoms with E-state index in [0.717, 1.165) is 81.6 Å². The van der Waals surface area contributed by atoms with Crippen molar-refractivity contribution in [3.8, 4) is 28.4 Å². The number of nitrogens with one attached hydrogen (secondary N) is 2. The van der Waals surface area contributed by atoms with Gasteiger partial charge in [-0.05, 0) is 165 Å². The summed E-state index contributed by atoms with van der Waals surface area (Å²) in [5.74, 6) is 1.38. The van der Waals surface area contributed by atoms with Crippen molar-refractivity contribution >= 4 is 17.6 Å². The van der Waals surface area contributed by atoms with Crippen LogP contribution in [-0.4, -0.2) is 99.2 Å². The van der Waals surface area contributed by atoms with Crippen LogP contribution in [0.1, 0.15) is 109 Å². The van der Waals surface area contributed by atoms with Gasteiger partial charge in [0, 0.05) is 19.3 Å². The molecule has 2 aromatic carbocycles. The van der Waals surface area contributed by atoms with E-state index in [2.05, 4.69) is 80.4 Å². The zero-order chi connectivity index (χ0) is 41.7. The first kappa shape index (κ1) is 44.0. The van der Waals surface area contributed by atoms with Gasteiger partial charge in [-0.3, -0.25) is 4.79 Å². The third kappa shape index (κ3) is 9.97. The first-order chi connectivity index (χ1) is 27.0. The molecule has 11 nitrogen and oxygen atoms in total. The number of hydrogen-bond acceptors (Lipinski definition) is 9. The predicted octanol–water partition coefficient (Wildman–Crippen LogP) is 7.95. The number of rotatable bonds is 17. The molecule has 2 fully saturated rings. The van der Waals surface area contributed by atoms with Crippen molar-refractivity contribution in [2.45, 2.75) is 104 Å². The van der Waals surface area contributed by atoms with Crippen molar-refractivity contribution in [3.05, 3.63) is 53.7 Å². The first-order valence-corrected chi connectivity index (χ1v) is 21.1. The Hall–Kier alpha value is -4.09. The molecule has 57 heavy (non-hydrogen) atoms. The van der Waals surface area contributed by atoms with E-state index in [1.807, 2.05) is 50.7 Å². The summed E-state index contributed by atoms with van der Waals surface area (Å²) in [6.07, 6.45) is 5.91. The van der Waals surface area contributed by atoms with Gasteiger partial charge in [-0.15, -0.1) is 0 Å². The van der Waals surface area contributed by atoms with Gasteiger partial charge in [-0.2, -0.15) is 5.10 Å². The number of aromatic nitrogens is 2. The number of hydrogen-bond donors (Lipinski definition) is 2. The molecule has 5 atom stereocenters. The summed E-state index contributed by atoms with van der Waals surface area (Å²) in [5, 5.41) is 11.7. The SMILES string of the molecule is CNCCCN(C)CCCN(C)c1ccc(-n2nc(C(=O)NC3(C(=O)OC(C)(C)C)C(C)CC4CC(C)CC3C4)cc2-c2c(OC)cccc2OC)c(C(C)C)c1. The van der Waals surface area contributed by atoms with Crippen LogP contribution >= 0.6 is 0 Å². The smallest absolute Gasteiger partial charge is 0.332 e. The summed E-state index contributed by atoms with van der Waals surface area (Å²) in [6.45, 7) is 18.4. The highest BCUT2D eigenvalue weighted by Gasteiger charge is 2.58. The number of anilines is 1. The van der Waals surface area contributed by atoms with Gasteiger partial charge >= 0.3 is 5.97 Å². The van der Waals surface area contributed by atoms with Gasteiger partial charge in [0.2, 0.25) is 0 Å². The van der Waals surface area contributed by atoms with Crippen LogP contribution in [0, 0.1) is 23.7 Å². The van der Waals surface area contributed by atoms with Gasteiger partial charge in [0.15, 0.2) is 5.69 Å². The standard InChI is InChI=1S/C46H70N6O5/c1-30(2)36-28-35(51(10)23-15-22-50(9)21-14-20-47-8)18-19-38(36)52-39(42-40(55-11)16-13-17-41(42)56-12)29-37(49-52)43(53)48-46(44(54)57-45(5,6)7)32(4)26-33-24-31(3)25-34(46)27-33/h13,16-19,28-34,47H,14-15,20-27H2,1-12H3,(H,48,53). The fourth-order valence-electron chi connectivity index (χ4n) is 9.39. The number of esters is 1. The molecular weight excluding hydrogens is 717 g/mol. The van der Waals surface area contributed by atoms with E-state index in [0.29, 0.717) is 34.6 Å². The van der Waals surface area contributed by atoms with Crippen LogP contribution in [0.2, 0.25) is 0 Å². The summed E-state index contributed by atoms with van der Waals surface area (Å²) >= 11 is 0. The van der Waals surface area contributed by atoms with Crippen molar-refractivity contribution in [1.29, 1.82) is 0 Å². The van der Waals surface area contributed by atoms with Crippen molar-refractivity contribution < 1.29 is 23.8 Å². The second-order valence-electron chi connectivity index (χ2n) is 18.1. The Labute approximate surface area is 342 Å². The number of carbonyl (C=O) groups excluding carboxylic acids is 2. The third-order valence-electron chi connectivity index (χ3n) is 12.1. The second-order valence-corrected chi connectivity index (χ2v) is 18.1. The Morgan fingerprint density at radius 1 is 0.947 bits per heavy atom. The minimum atomic E-state index is -1.18. The molecule has 2 bridgehead atoms. The fraction of sp³-hybridized carbons (Fsp3) is 0.630. The maximum Gasteiger partial charge on any atom is 0.332 e. The molecule has 2 aliphatic rings. The lowest BCUT2D eigenvalue weighted by Crippen LogP contribution is -2.67. The molecule has 1 aromatic heterocycles. The van der Waals surface area contributed by atoms with E-state index in [1.54, 1.807) is 20.3 Å². The normalized spacial score (nSPS) is 22.1. The van der Waals surface area contributed by atoms with E-state index in [9.17, 15) is 9.59 Å². The van der Waals surface area contributed by atoms with Crippen molar-refractivity contribution in [2.24, 2.45) is 23.7 Å². The van der Waals surface area contributed by atoms with Crippen LogP contribution in [0.15, 0.2) is 42.5 Å². The number of methoxy groups -OCH3 is 2. The van der Waals surface area contributed by atoms with Crippen LogP contribution < -0.4 is 25.0 Å². The lowest BCUT2D eigenvalue weighted by atomic mass is 9.56. The van der Waals surface area contributed by atoms with E-state index >= 15 is 0 Å². The topological polar surface area (TPSA) is 110 Å². The van der Waals surface area contributed by atoms with Crippen LogP contribution in [-0.2, 0) is 9.53 Å². The average Bonchev–Trinajstić information content (AvgIpc) is 3.60. The molecule has 5 unspecified atom stereocenters. The third-order valence-corrected chi connectivity index (χ3v) is 12.1. The number of nitrogens with zero attached hydrogens (tertiary/aromatic N) is 4. The molecule has 0 spiro atoms. The van der Waals surface area contributed by atoms with Gasteiger partial charge < -0.3 is 34.6 Å². The summed E-state index contributed by atoms with van der Waals surface area (Å²) in [7, 11) is 9.58. The predicted molar refractivity (Wildman–Crippen MR) is 230 cm³/mol. The molecule has 0 radical (unpaired) electrons. The maximum absolute atomic E-state index is 14.8. The molecule has 2 saturated carbocycles. The highest BCUT2D eigenvalue weighted by atomic mass is 16.6. The Morgan fingerprint density at radius 3 is 2.26 bits per heavy atom. The van der Waals surface area contributed by atoms with Gasteiger partial charge in [-0.1, -0.05) is 33.8 Å². The van der Waals surface area contributed by atoms with Crippen LogP contribution in [0.3, 0.4) is 0 Å². The number of fused-ring (bicyclic) bond motifs is 2. The Morgan fingerprint density at radius 2 is 1.63 bits per heavy atom. The van der Waals surface area contributed by atoms with E-state index in [-0.39, 0.29) is 29.4 Å². The number of ether oxygens (including phenoxy) is 3. The summed E-state index contributed by atoms with van der Waals surface area (Å²) < 4.78 is 19.8. The molecule has 2 aliphatic carbocycles. The largest absolute Gasteiger partial charge is 0.496 e. The minimum Gasteiger partial charge on any atom is -0.496 e. The van der Waals surface area contributed by atoms with E-state index < -0.39 is 17.0 Å². The monoisotopic (exact) mass is 787 g/mol. The Kier molecular flexibility index (Phi) is 14.4. The van der Waals surface area contributed by atoms with Gasteiger partial charge in [-0.25, -0.2) is 9.48 Å². The van der Waals surface area contributed by atoms with E-state index in [4.69, 9.17) is 19.3 Å². The molecule has 0 aliphatic heterocycles. The average molecular weight is 787 g/mol. The highest BCUT2D eigenvalue weighted by Crippen LogP contribution is 2.51. The Balaban J connectivity index is 1.57. The number of amides is 1. The molecular formula is C46H70N6O5. The van der Waals surface area contributed by atoms with Gasteiger partial charge in [0.1, 0.15) is 22.6 Å². The van der Waals surface area contributed by atoms with Crippen LogP contribution in [0.4, 0.5) is 5.69 Å². The minimum absolute atomic E-state index is 0.0412. The maximum atomic E-state index is 14.8. The second kappa shape index (κ2) is 18.7. The molecule has 314 valence electrons. The van der Waals surface area contributed by atoms with Crippen molar-refractivity contribution in [1.82, 2.24) is 25.3 Å². The van der Waals surface area contributed by atoms with Crippen LogP contribution in [0.5, 0.6) is 11.5 Å². The first-order valence-electron chi connectivity index (χ1n) is 21.1. The zero-order valence-corrected chi connectivity index (χ0v) is 36.8. The molecule has 1 heterocycles. The van der Waals surface area contributed by atoms with Crippen LogP contribution in [0.25, 0.3) is 16.9 Å². The highest BCUT2D eigenvalue weighted by molar-refractivity contribution is 5.98. The summed E-state index contributed by atoms with van der Waals surface area (Å²) in [6, 6.07) is 13.9. The molecule has 11 heteroatoms. The van der Waals surface area contributed by atoms with Crippen molar-refractivity contribution in [2.75, 3.05) is 66.4 Å². The fourth-order valence-corrected chi connectivity index (χ4v) is 9.39. The van der Waals surface area contributed by atoms with Gasteiger partial charge in [0.25, 0.3) is 5.91 Å². The molecule has 2 N–H and O–H groups in total. The lowest BCUT2D eigenvalue weighted by Gasteiger charge is -2.53. The Bertz CT molecular complexity index is 1810. The summed E-state index contributed by atoms with van der Waals surface area (Å²) in [5.41, 5.74) is 2.69. The molecule has 5 rings (SSSR count). The summed E-state index contributed by atoms with van der Waals surface area (Å²) in [4.78, 5) is 34.0. The number of carbonyl (C=O) groups is 2. The van der Waals surface area contributed by atoms with E-state index in [1.165, 1.54) is 0 Å². The molecule has 1 amide bonds. The molecule has 0 saturated heterocycles. The number of benzene rings is 2. The molecule has 3 aromatic rings.